The van der Waals surface area contributed by atoms with Crippen LogP contribution in [0.15, 0.2) is 12.8 Å². The van der Waals surface area contributed by atoms with Gasteiger partial charge in [0.1, 0.15) is 6.10 Å². The van der Waals surface area contributed by atoms with E-state index in [1.807, 2.05) is 0 Å². The van der Waals surface area contributed by atoms with Crippen LogP contribution in [0.5, 0.6) is 0 Å². The molecule has 0 amide bonds. The lowest BCUT2D eigenvalue weighted by Crippen LogP contribution is -2.55. The normalized spacial score (nSPS) is 40.9. The van der Waals surface area contributed by atoms with Crippen LogP contribution >= 0.6 is 0 Å². The van der Waals surface area contributed by atoms with Gasteiger partial charge in [-0.1, -0.05) is 6.58 Å². The molecular weight excluding hydrogens is 278 g/mol. The molecule has 4 saturated carbocycles. The third-order valence-corrected chi connectivity index (χ3v) is 5.43. The molecule has 3 nitrogen and oxygen atoms in total. The van der Waals surface area contributed by atoms with Gasteiger partial charge in [-0.05, 0) is 49.9 Å². The summed E-state index contributed by atoms with van der Waals surface area (Å²) in [6, 6.07) is 0. The van der Waals surface area contributed by atoms with Crippen LogP contribution in [0.4, 0.5) is 8.78 Å². The molecule has 4 bridgehead atoms. The highest BCUT2D eigenvalue weighted by atomic mass is 19.3. The molecule has 4 rings (SSSR count). The quantitative estimate of drug-likeness (QED) is 0.575. The van der Waals surface area contributed by atoms with Gasteiger partial charge in [-0.3, -0.25) is 0 Å². The predicted molar refractivity (Wildman–Crippen MR) is 72.6 cm³/mol. The topological polar surface area (TPSA) is 35.5 Å². The molecule has 4 aliphatic rings. The zero-order chi connectivity index (χ0) is 15.3. The minimum absolute atomic E-state index is 0.113. The number of alkyl halides is 2. The fourth-order valence-electron chi connectivity index (χ4n) is 5.00. The Labute approximate surface area is 123 Å². The Morgan fingerprint density at radius 1 is 1.33 bits per heavy atom. The number of carbonyl (C=O) groups is 1. The summed E-state index contributed by atoms with van der Waals surface area (Å²) in [6.45, 7) is 4.35. The third-order valence-electron chi connectivity index (χ3n) is 5.43. The summed E-state index contributed by atoms with van der Waals surface area (Å²) in [5.41, 5.74) is -0.113. The molecular formula is C16H22F2O3. The fourth-order valence-corrected chi connectivity index (χ4v) is 5.00. The number of ether oxygens (including phenoxy) is 2. The molecule has 2 atom stereocenters. The second kappa shape index (κ2) is 4.96. The van der Waals surface area contributed by atoms with Gasteiger partial charge in [0.2, 0.25) is 0 Å². The van der Waals surface area contributed by atoms with Crippen LogP contribution in [0, 0.1) is 23.2 Å². The molecule has 2 unspecified atom stereocenters. The summed E-state index contributed by atoms with van der Waals surface area (Å²) in [4.78, 5) is 11.3. The maximum Gasteiger partial charge on any atom is 0.376 e. The summed E-state index contributed by atoms with van der Waals surface area (Å²) in [5.74, 6) is -3.31. The molecule has 0 aliphatic heterocycles. The second-order valence-corrected chi connectivity index (χ2v) is 7.20. The Kier molecular flexibility index (Phi) is 3.49. The smallest absolute Gasteiger partial charge is 0.376 e. The van der Waals surface area contributed by atoms with Crippen molar-refractivity contribution >= 4 is 5.97 Å². The Morgan fingerprint density at radius 2 is 1.95 bits per heavy atom. The number of hydrogen-bond acceptors (Lipinski definition) is 3. The Hall–Kier alpha value is -1.13. The van der Waals surface area contributed by atoms with E-state index in [1.54, 1.807) is 0 Å². The molecule has 0 spiro atoms. The van der Waals surface area contributed by atoms with Crippen LogP contribution in [0.2, 0.25) is 0 Å². The van der Waals surface area contributed by atoms with Gasteiger partial charge in [-0.25, -0.2) is 4.79 Å². The van der Waals surface area contributed by atoms with Gasteiger partial charge in [-0.15, -0.1) is 0 Å². The van der Waals surface area contributed by atoms with Gasteiger partial charge in [0, 0.05) is 12.3 Å². The Morgan fingerprint density at radius 3 is 2.48 bits per heavy atom. The molecule has 0 aromatic carbocycles. The van der Waals surface area contributed by atoms with E-state index in [4.69, 9.17) is 9.47 Å². The zero-order valence-corrected chi connectivity index (χ0v) is 12.3. The molecule has 5 heteroatoms. The van der Waals surface area contributed by atoms with Crippen molar-refractivity contribution < 1.29 is 23.0 Å². The summed E-state index contributed by atoms with van der Waals surface area (Å²) >= 11 is 0. The maximum atomic E-state index is 12.9. The van der Waals surface area contributed by atoms with Crippen molar-refractivity contribution in [1.82, 2.24) is 0 Å². The zero-order valence-electron chi connectivity index (χ0n) is 12.3. The summed E-state index contributed by atoms with van der Waals surface area (Å²) in [5, 5.41) is 0. The number of esters is 1. The number of carbonyl (C=O) groups excluding carboxylic acids is 1. The number of halogens is 2. The second-order valence-electron chi connectivity index (χ2n) is 7.20. The van der Waals surface area contributed by atoms with Crippen molar-refractivity contribution in [2.75, 3.05) is 6.61 Å². The first-order valence-corrected chi connectivity index (χ1v) is 7.64. The Balaban J connectivity index is 1.67. The molecule has 0 aromatic heterocycles. The highest BCUT2D eigenvalue weighted by Crippen LogP contribution is 2.60. The van der Waals surface area contributed by atoms with Crippen molar-refractivity contribution in [2.24, 2.45) is 23.2 Å². The van der Waals surface area contributed by atoms with Gasteiger partial charge in [0.25, 0.3) is 0 Å². The maximum absolute atomic E-state index is 12.9. The van der Waals surface area contributed by atoms with E-state index < -0.39 is 11.9 Å². The lowest BCUT2D eigenvalue weighted by atomic mass is 9.49. The molecule has 4 fully saturated rings. The molecule has 0 saturated heterocycles. The standard InChI is InChI=1S/C16H22F2O3/c1-3-20-13-11-4-10-5-12(13)8-16(6-10,7-11)9-21-14(19)15(2,17)18/h3,10-13H,1,4-9H2,2H3. The number of rotatable bonds is 5. The van der Waals surface area contributed by atoms with Crippen molar-refractivity contribution in [1.29, 1.82) is 0 Å². The van der Waals surface area contributed by atoms with Crippen LogP contribution in [-0.4, -0.2) is 24.6 Å². The molecule has 0 heterocycles. The minimum atomic E-state index is -3.41. The van der Waals surface area contributed by atoms with E-state index >= 15 is 0 Å². The van der Waals surface area contributed by atoms with E-state index in [2.05, 4.69) is 6.58 Å². The van der Waals surface area contributed by atoms with E-state index in [1.165, 1.54) is 6.26 Å². The predicted octanol–water partition coefficient (Wildman–Crippen LogP) is 3.54. The first kappa shape index (κ1) is 14.8. The molecule has 0 aromatic rings. The van der Waals surface area contributed by atoms with Gasteiger partial charge in [-0.2, -0.15) is 8.78 Å². The van der Waals surface area contributed by atoms with Gasteiger partial charge in [0.05, 0.1) is 12.9 Å². The number of hydrogen-bond donors (Lipinski definition) is 0. The van der Waals surface area contributed by atoms with Crippen LogP contribution in [0.1, 0.15) is 39.0 Å². The average molecular weight is 300 g/mol. The van der Waals surface area contributed by atoms with E-state index in [9.17, 15) is 13.6 Å². The highest BCUT2D eigenvalue weighted by molar-refractivity contribution is 5.76. The van der Waals surface area contributed by atoms with Crippen LogP contribution in [-0.2, 0) is 14.3 Å². The van der Waals surface area contributed by atoms with Crippen molar-refractivity contribution in [3.63, 3.8) is 0 Å². The lowest BCUT2D eigenvalue weighted by Gasteiger charge is -2.59. The molecule has 4 aliphatic carbocycles. The molecule has 21 heavy (non-hydrogen) atoms. The van der Waals surface area contributed by atoms with Gasteiger partial charge >= 0.3 is 11.9 Å². The molecule has 0 radical (unpaired) electrons. The summed E-state index contributed by atoms with van der Waals surface area (Å²) in [7, 11) is 0. The van der Waals surface area contributed by atoms with Crippen molar-refractivity contribution in [3.05, 3.63) is 12.8 Å². The van der Waals surface area contributed by atoms with Gasteiger partial charge in [0.15, 0.2) is 0 Å². The van der Waals surface area contributed by atoms with E-state index in [0.717, 1.165) is 32.1 Å². The SMILES string of the molecule is C=COC1C2CC3CC1CC(COC(=O)C(C)(F)F)(C3)C2. The Bertz CT molecular complexity index is 427. The average Bonchev–Trinajstić information content (AvgIpc) is 2.38. The van der Waals surface area contributed by atoms with E-state index in [-0.39, 0.29) is 18.1 Å². The fraction of sp³-hybridized carbons (Fsp3) is 0.812. The van der Waals surface area contributed by atoms with Crippen LogP contribution in [0.3, 0.4) is 0 Å². The van der Waals surface area contributed by atoms with Gasteiger partial charge < -0.3 is 9.47 Å². The minimum Gasteiger partial charge on any atom is -0.498 e. The highest BCUT2D eigenvalue weighted by Gasteiger charge is 2.56. The summed E-state index contributed by atoms with van der Waals surface area (Å²) in [6.07, 6.45) is 6.78. The monoisotopic (exact) mass is 300 g/mol. The largest absolute Gasteiger partial charge is 0.498 e. The van der Waals surface area contributed by atoms with E-state index in [0.29, 0.717) is 24.7 Å². The van der Waals surface area contributed by atoms with Crippen LogP contribution in [0.25, 0.3) is 0 Å². The third kappa shape index (κ3) is 2.67. The summed E-state index contributed by atoms with van der Waals surface area (Å²) < 4.78 is 36.5. The lowest BCUT2D eigenvalue weighted by molar-refractivity contribution is -0.187. The first-order valence-electron chi connectivity index (χ1n) is 7.64. The van der Waals surface area contributed by atoms with Crippen molar-refractivity contribution in [3.8, 4) is 0 Å². The molecule has 0 N–H and O–H groups in total. The van der Waals surface area contributed by atoms with Crippen LogP contribution < -0.4 is 0 Å². The first-order chi connectivity index (χ1) is 9.83. The van der Waals surface area contributed by atoms with Crippen molar-refractivity contribution in [2.45, 2.75) is 51.1 Å². The molecule has 118 valence electrons.